The number of carboxylic acid groups (broad SMARTS) is 1. The van der Waals surface area contributed by atoms with Gasteiger partial charge < -0.3 is 5.11 Å². The highest BCUT2D eigenvalue weighted by atomic mass is 16.4. The number of fused-ring (bicyclic) bond motifs is 1. The monoisotopic (exact) mass is 252 g/mol. The van der Waals surface area contributed by atoms with E-state index in [4.69, 9.17) is 0 Å². The number of aromatic carboxylic acids is 1. The number of nitrogens with zero attached hydrogens (tertiary/aromatic N) is 2. The molecule has 2 aromatic heterocycles. The molecule has 0 unspecified atom stereocenters. The maximum absolute atomic E-state index is 11.5. The minimum absolute atomic E-state index is 0.199. The Morgan fingerprint density at radius 1 is 1.16 bits per heavy atom. The molecular weight excluding hydrogens is 240 g/mol. The standard InChI is InChI=1S/C15H12N2O2/c1-10-7-8-12-16-13(11-5-3-2-4-6-11)14(15(18)19)17(12)9-10/h2-9H,1H3,(H,18,19). The summed E-state index contributed by atoms with van der Waals surface area (Å²) in [6.07, 6.45) is 1.79. The highest BCUT2D eigenvalue weighted by Gasteiger charge is 2.19. The number of rotatable bonds is 2. The third-order valence-corrected chi connectivity index (χ3v) is 3.02. The average Bonchev–Trinajstić information content (AvgIpc) is 2.78. The molecule has 0 radical (unpaired) electrons. The van der Waals surface area contributed by atoms with Gasteiger partial charge in [0.25, 0.3) is 0 Å². The Morgan fingerprint density at radius 3 is 2.58 bits per heavy atom. The van der Waals surface area contributed by atoms with Crippen molar-refractivity contribution in [3.63, 3.8) is 0 Å². The Hall–Kier alpha value is -2.62. The van der Waals surface area contributed by atoms with E-state index in [9.17, 15) is 9.90 Å². The van der Waals surface area contributed by atoms with Crippen LogP contribution in [0.25, 0.3) is 16.9 Å². The first-order chi connectivity index (χ1) is 9.16. The molecule has 0 spiro atoms. The first-order valence-electron chi connectivity index (χ1n) is 5.94. The quantitative estimate of drug-likeness (QED) is 0.762. The summed E-state index contributed by atoms with van der Waals surface area (Å²) in [6, 6.07) is 13.1. The van der Waals surface area contributed by atoms with Crippen molar-refractivity contribution >= 4 is 11.6 Å². The highest BCUT2D eigenvalue weighted by Crippen LogP contribution is 2.24. The van der Waals surface area contributed by atoms with Crippen LogP contribution in [0, 0.1) is 6.92 Å². The van der Waals surface area contributed by atoms with Gasteiger partial charge in [0.1, 0.15) is 11.3 Å². The van der Waals surface area contributed by atoms with E-state index < -0.39 is 5.97 Å². The second kappa shape index (κ2) is 4.24. The fourth-order valence-corrected chi connectivity index (χ4v) is 2.15. The van der Waals surface area contributed by atoms with Crippen molar-refractivity contribution in [2.45, 2.75) is 6.92 Å². The van der Waals surface area contributed by atoms with Crippen LogP contribution in [0.1, 0.15) is 16.1 Å². The van der Waals surface area contributed by atoms with Crippen molar-refractivity contribution in [2.24, 2.45) is 0 Å². The van der Waals surface area contributed by atoms with E-state index in [0.717, 1.165) is 11.1 Å². The molecule has 3 aromatic rings. The van der Waals surface area contributed by atoms with Crippen LogP contribution in [0.5, 0.6) is 0 Å². The van der Waals surface area contributed by atoms with Gasteiger partial charge in [-0.15, -0.1) is 0 Å². The first-order valence-corrected chi connectivity index (χ1v) is 5.94. The molecule has 3 rings (SSSR count). The Balaban J connectivity index is 2.36. The number of hydrogen-bond donors (Lipinski definition) is 1. The van der Waals surface area contributed by atoms with Crippen LogP contribution in [-0.4, -0.2) is 20.5 Å². The Bertz CT molecular complexity index is 760. The first kappa shape index (κ1) is 11.5. The van der Waals surface area contributed by atoms with Crippen LogP contribution in [-0.2, 0) is 0 Å². The van der Waals surface area contributed by atoms with Gasteiger partial charge in [0.05, 0.1) is 0 Å². The van der Waals surface area contributed by atoms with Crippen LogP contribution in [0.2, 0.25) is 0 Å². The molecule has 0 bridgehead atoms. The third kappa shape index (κ3) is 1.87. The Morgan fingerprint density at radius 2 is 1.89 bits per heavy atom. The minimum atomic E-state index is -0.975. The lowest BCUT2D eigenvalue weighted by molar-refractivity contribution is 0.0690. The van der Waals surface area contributed by atoms with Crippen LogP contribution < -0.4 is 0 Å². The SMILES string of the molecule is Cc1ccc2nc(-c3ccccc3)c(C(=O)O)n2c1. The summed E-state index contributed by atoms with van der Waals surface area (Å²) in [5, 5.41) is 9.44. The van der Waals surface area contributed by atoms with Gasteiger partial charge in [-0.1, -0.05) is 36.4 Å². The summed E-state index contributed by atoms with van der Waals surface area (Å²) in [6.45, 7) is 1.92. The minimum Gasteiger partial charge on any atom is -0.476 e. The number of aryl methyl sites for hydroxylation is 1. The lowest BCUT2D eigenvalue weighted by Gasteiger charge is -2.00. The van der Waals surface area contributed by atoms with E-state index in [1.54, 1.807) is 10.6 Å². The fraction of sp³-hybridized carbons (Fsp3) is 0.0667. The fourth-order valence-electron chi connectivity index (χ4n) is 2.15. The summed E-state index contributed by atoms with van der Waals surface area (Å²) in [7, 11) is 0. The molecule has 0 aliphatic rings. The highest BCUT2D eigenvalue weighted by molar-refractivity contribution is 5.94. The lowest BCUT2D eigenvalue weighted by atomic mass is 10.1. The smallest absolute Gasteiger partial charge is 0.355 e. The molecule has 0 fully saturated rings. The normalized spacial score (nSPS) is 10.8. The van der Waals surface area contributed by atoms with E-state index in [-0.39, 0.29) is 5.69 Å². The van der Waals surface area contributed by atoms with E-state index in [0.29, 0.717) is 11.3 Å². The summed E-state index contributed by atoms with van der Waals surface area (Å²) in [4.78, 5) is 15.9. The molecule has 0 saturated carbocycles. The van der Waals surface area contributed by atoms with Crippen molar-refractivity contribution in [2.75, 3.05) is 0 Å². The largest absolute Gasteiger partial charge is 0.476 e. The van der Waals surface area contributed by atoms with Crippen molar-refractivity contribution in [3.05, 3.63) is 59.9 Å². The maximum Gasteiger partial charge on any atom is 0.355 e. The van der Waals surface area contributed by atoms with Gasteiger partial charge in [0, 0.05) is 11.8 Å². The van der Waals surface area contributed by atoms with Gasteiger partial charge in [-0.25, -0.2) is 9.78 Å². The number of carbonyl (C=O) groups is 1. The van der Waals surface area contributed by atoms with E-state index in [2.05, 4.69) is 4.98 Å². The molecule has 1 N–H and O–H groups in total. The number of pyridine rings is 1. The number of imidazole rings is 1. The molecule has 2 heterocycles. The van der Waals surface area contributed by atoms with E-state index >= 15 is 0 Å². The second-order valence-corrected chi connectivity index (χ2v) is 4.41. The van der Waals surface area contributed by atoms with Crippen molar-refractivity contribution < 1.29 is 9.90 Å². The molecule has 0 saturated heterocycles. The third-order valence-electron chi connectivity index (χ3n) is 3.02. The van der Waals surface area contributed by atoms with E-state index in [1.165, 1.54) is 0 Å². The van der Waals surface area contributed by atoms with Gasteiger partial charge in [-0.05, 0) is 18.6 Å². The molecule has 4 nitrogen and oxygen atoms in total. The van der Waals surface area contributed by atoms with Crippen molar-refractivity contribution in [1.29, 1.82) is 0 Å². The van der Waals surface area contributed by atoms with Gasteiger partial charge in [0.2, 0.25) is 0 Å². The van der Waals surface area contributed by atoms with Crippen LogP contribution in [0.3, 0.4) is 0 Å². The van der Waals surface area contributed by atoms with E-state index in [1.807, 2.05) is 49.4 Å². The van der Waals surface area contributed by atoms with Crippen LogP contribution in [0.15, 0.2) is 48.7 Å². The molecule has 0 amide bonds. The topological polar surface area (TPSA) is 54.6 Å². The Kier molecular flexibility index (Phi) is 2.56. The van der Waals surface area contributed by atoms with Gasteiger partial charge in [-0.3, -0.25) is 4.40 Å². The summed E-state index contributed by atoms with van der Waals surface area (Å²) >= 11 is 0. The number of hydrogen-bond acceptors (Lipinski definition) is 2. The zero-order chi connectivity index (χ0) is 13.4. The van der Waals surface area contributed by atoms with Crippen LogP contribution >= 0.6 is 0 Å². The van der Waals surface area contributed by atoms with Gasteiger partial charge in [0.15, 0.2) is 5.69 Å². The number of carboxylic acids is 1. The zero-order valence-corrected chi connectivity index (χ0v) is 10.4. The second-order valence-electron chi connectivity index (χ2n) is 4.41. The molecule has 0 atom stereocenters. The van der Waals surface area contributed by atoms with Crippen LogP contribution in [0.4, 0.5) is 0 Å². The number of aromatic nitrogens is 2. The molecule has 0 aliphatic carbocycles. The van der Waals surface area contributed by atoms with Crippen molar-refractivity contribution in [3.8, 4) is 11.3 Å². The molecule has 94 valence electrons. The molecule has 4 heteroatoms. The summed E-state index contributed by atoms with van der Waals surface area (Å²) in [5.74, 6) is -0.975. The molecule has 19 heavy (non-hydrogen) atoms. The average molecular weight is 252 g/mol. The zero-order valence-electron chi connectivity index (χ0n) is 10.4. The van der Waals surface area contributed by atoms with Crippen molar-refractivity contribution in [1.82, 2.24) is 9.38 Å². The maximum atomic E-state index is 11.5. The predicted octanol–water partition coefficient (Wildman–Crippen LogP) is 3.01. The van der Waals surface area contributed by atoms with Gasteiger partial charge in [-0.2, -0.15) is 0 Å². The molecular formula is C15H12N2O2. The number of benzene rings is 1. The van der Waals surface area contributed by atoms with Gasteiger partial charge >= 0.3 is 5.97 Å². The Labute approximate surface area is 110 Å². The summed E-state index contributed by atoms with van der Waals surface area (Å²) in [5.41, 5.74) is 3.14. The lowest BCUT2D eigenvalue weighted by Crippen LogP contribution is -2.03. The predicted molar refractivity (Wildman–Crippen MR) is 72.3 cm³/mol. The summed E-state index contributed by atoms with van der Waals surface area (Å²) < 4.78 is 1.62. The molecule has 0 aliphatic heterocycles. The molecule has 1 aromatic carbocycles.